The highest BCUT2D eigenvalue weighted by Crippen LogP contribution is 2.25. The highest BCUT2D eigenvalue weighted by Gasteiger charge is 2.32. The van der Waals surface area contributed by atoms with Gasteiger partial charge in [0.2, 0.25) is 15.9 Å². The number of hydrogen-bond acceptors (Lipinski definition) is 3. The number of amides is 1. The molecule has 29 heavy (non-hydrogen) atoms. The van der Waals surface area contributed by atoms with Gasteiger partial charge < -0.3 is 5.32 Å². The van der Waals surface area contributed by atoms with Crippen LogP contribution in [0, 0.1) is 20.8 Å². The van der Waals surface area contributed by atoms with Gasteiger partial charge in [0.05, 0.1) is 18.0 Å². The Balaban J connectivity index is 2.36. The summed E-state index contributed by atoms with van der Waals surface area (Å²) in [5.74, 6) is -0.287. The van der Waals surface area contributed by atoms with E-state index in [4.69, 9.17) is 0 Å². The van der Waals surface area contributed by atoms with E-state index in [0.717, 1.165) is 17.4 Å². The fourth-order valence-corrected chi connectivity index (χ4v) is 4.70. The third-order valence-electron chi connectivity index (χ3n) is 5.24. The van der Waals surface area contributed by atoms with Crippen LogP contribution in [-0.4, -0.2) is 26.6 Å². The first kappa shape index (κ1) is 22.9. The smallest absolute Gasteiger partial charge is 0.244 e. The number of rotatable bonds is 8. The molecule has 0 heterocycles. The molecule has 5 nitrogen and oxygen atoms in total. The van der Waals surface area contributed by atoms with E-state index in [0.29, 0.717) is 18.5 Å². The van der Waals surface area contributed by atoms with Crippen molar-refractivity contribution in [3.05, 3.63) is 64.7 Å². The molecule has 6 heteroatoms. The van der Waals surface area contributed by atoms with Crippen LogP contribution in [0.15, 0.2) is 42.5 Å². The molecule has 0 aliphatic carbocycles. The molecule has 0 saturated heterocycles. The molecule has 2 rings (SSSR count). The summed E-state index contributed by atoms with van der Waals surface area (Å²) >= 11 is 0. The number of aryl methyl sites for hydroxylation is 3. The summed E-state index contributed by atoms with van der Waals surface area (Å²) in [5.41, 5.74) is 4.84. The molecule has 2 unspecified atom stereocenters. The van der Waals surface area contributed by atoms with E-state index < -0.39 is 16.1 Å². The molecule has 1 N–H and O–H groups in total. The number of nitrogens with one attached hydrogen (secondary N) is 1. The zero-order chi connectivity index (χ0) is 21.8. The zero-order valence-electron chi connectivity index (χ0n) is 18.2. The van der Waals surface area contributed by atoms with Crippen molar-refractivity contribution in [1.29, 1.82) is 0 Å². The molecule has 2 aromatic rings. The van der Waals surface area contributed by atoms with Crippen LogP contribution in [0.5, 0.6) is 0 Å². The van der Waals surface area contributed by atoms with E-state index in [-0.39, 0.29) is 11.9 Å². The number of sulfonamides is 1. The molecule has 0 aromatic heterocycles. The van der Waals surface area contributed by atoms with Crippen LogP contribution in [-0.2, 0) is 14.8 Å². The summed E-state index contributed by atoms with van der Waals surface area (Å²) in [6.07, 6.45) is 2.23. The van der Waals surface area contributed by atoms with E-state index in [9.17, 15) is 13.2 Å². The number of nitrogens with zero attached hydrogens (tertiary/aromatic N) is 1. The van der Waals surface area contributed by atoms with Gasteiger partial charge in [0.1, 0.15) is 6.04 Å². The molecule has 0 fully saturated rings. The molecular formula is C23H32N2O3S. The molecule has 0 aliphatic heterocycles. The molecule has 0 saturated carbocycles. The van der Waals surface area contributed by atoms with Gasteiger partial charge >= 0.3 is 0 Å². The van der Waals surface area contributed by atoms with Gasteiger partial charge in [-0.3, -0.25) is 9.10 Å². The summed E-state index contributed by atoms with van der Waals surface area (Å²) in [7, 11) is -3.64. The minimum atomic E-state index is -3.64. The summed E-state index contributed by atoms with van der Waals surface area (Å²) in [5, 5.41) is 3.07. The third kappa shape index (κ3) is 5.60. The minimum absolute atomic E-state index is 0.172. The van der Waals surface area contributed by atoms with Crippen LogP contribution >= 0.6 is 0 Å². The normalized spacial score (nSPS) is 13.6. The highest BCUT2D eigenvalue weighted by atomic mass is 32.2. The quantitative estimate of drug-likeness (QED) is 0.692. The summed E-state index contributed by atoms with van der Waals surface area (Å²) in [4.78, 5) is 13.2. The van der Waals surface area contributed by atoms with Crippen molar-refractivity contribution >= 4 is 21.6 Å². The average molecular weight is 417 g/mol. The maximum Gasteiger partial charge on any atom is 0.244 e. The summed E-state index contributed by atoms with van der Waals surface area (Å²) < 4.78 is 26.4. The summed E-state index contributed by atoms with van der Waals surface area (Å²) in [6.45, 7) is 9.84. The average Bonchev–Trinajstić information content (AvgIpc) is 2.65. The van der Waals surface area contributed by atoms with Crippen LogP contribution < -0.4 is 9.62 Å². The van der Waals surface area contributed by atoms with E-state index >= 15 is 0 Å². The Morgan fingerprint density at radius 2 is 1.69 bits per heavy atom. The Labute approximate surface area is 175 Å². The topological polar surface area (TPSA) is 66.5 Å². The lowest BCUT2D eigenvalue weighted by molar-refractivity contribution is -0.123. The van der Waals surface area contributed by atoms with Crippen LogP contribution in [0.2, 0.25) is 0 Å². The largest absolute Gasteiger partial charge is 0.347 e. The third-order valence-corrected chi connectivity index (χ3v) is 6.42. The second-order valence-electron chi connectivity index (χ2n) is 7.63. The monoisotopic (exact) mass is 416 g/mol. The molecule has 158 valence electrons. The number of benzene rings is 2. The molecule has 2 aromatic carbocycles. The molecular weight excluding hydrogens is 384 g/mol. The standard InChI is InChI=1S/C23H32N2O3S/c1-7-21(19-13-12-17(4)18(5)15-19)24-23(26)22(8-2)25(29(6,27)28)20-11-9-10-16(3)14-20/h9-15,21-22H,7-8H2,1-6H3,(H,24,26). The Morgan fingerprint density at radius 3 is 2.21 bits per heavy atom. The molecule has 0 spiro atoms. The SMILES string of the molecule is CCC(NC(=O)C(CC)N(c1cccc(C)c1)S(C)(=O)=O)c1ccc(C)c(C)c1. The second kappa shape index (κ2) is 9.44. The van der Waals surface area contributed by atoms with Gasteiger partial charge in [-0.2, -0.15) is 0 Å². The van der Waals surface area contributed by atoms with Crippen molar-refractivity contribution in [2.45, 2.75) is 59.5 Å². The maximum atomic E-state index is 13.2. The first-order valence-corrected chi connectivity index (χ1v) is 11.9. The van der Waals surface area contributed by atoms with Crippen molar-refractivity contribution < 1.29 is 13.2 Å². The Kier molecular flexibility index (Phi) is 7.47. The number of hydrogen-bond donors (Lipinski definition) is 1. The maximum absolute atomic E-state index is 13.2. The number of anilines is 1. The lowest BCUT2D eigenvalue weighted by Crippen LogP contribution is -2.50. The fraction of sp³-hybridized carbons (Fsp3) is 0.435. The Hall–Kier alpha value is -2.34. The van der Waals surface area contributed by atoms with Crippen LogP contribution in [0.4, 0.5) is 5.69 Å². The van der Waals surface area contributed by atoms with Gasteiger partial charge in [-0.15, -0.1) is 0 Å². The molecule has 0 aliphatic rings. The van der Waals surface area contributed by atoms with E-state index in [2.05, 4.69) is 18.3 Å². The molecule has 0 radical (unpaired) electrons. The van der Waals surface area contributed by atoms with Crippen LogP contribution in [0.25, 0.3) is 0 Å². The van der Waals surface area contributed by atoms with Crippen molar-refractivity contribution in [1.82, 2.24) is 5.32 Å². The van der Waals surface area contributed by atoms with Crippen molar-refractivity contribution in [2.24, 2.45) is 0 Å². The van der Waals surface area contributed by atoms with Crippen molar-refractivity contribution in [3.8, 4) is 0 Å². The van der Waals surface area contributed by atoms with E-state index in [1.807, 2.05) is 45.9 Å². The molecule has 0 bridgehead atoms. The Bertz CT molecular complexity index is 970. The number of carbonyl (C=O) groups excluding carboxylic acids is 1. The molecule has 2 atom stereocenters. The van der Waals surface area contributed by atoms with Crippen molar-refractivity contribution in [3.63, 3.8) is 0 Å². The first-order chi connectivity index (χ1) is 13.6. The van der Waals surface area contributed by atoms with Gasteiger partial charge in [-0.05, 0) is 68.0 Å². The van der Waals surface area contributed by atoms with Crippen LogP contribution in [0.1, 0.15) is 55.0 Å². The first-order valence-electron chi connectivity index (χ1n) is 10.0. The van der Waals surface area contributed by atoms with Gasteiger partial charge in [-0.1, -0.05) is 44.2 Å². The van der Waals surface area contributed by atoms with E-state index in [1.54, 1.807) is 18.2 Å². The lowest BCUT2D eigenvalue weighted by Gasteiger charge is -2.31. The predicted octanol–water partition coefficient (Wildman–Crippen LogP) is 4.42. The van der Waals surface area contributed by atoms with Gasteiger partial charge in [0, 0.05) is 0 Å². The van der Waals surface area contributed by atoms with Crippen molar-refractivity contribution in [2.75, 3.05) is 10.6 Å². The van der Waals surface area contributed by atoms with Gasteiger partial charge in [0.15, 0.2) is 0 Å². The van der Waals surface area contributed by atoms with Gasteiger partial charge in [-0.25, -0.2) is 8.42 Å². The Morgan fingerprint density at radius 1 is 1.00 bits per heavy atom. The zero-order valence-corrected chi connectivity index (χ0v) is 19.0. The highest BCUT2D eigenvalue weighted by molar-refractivity contribution is 7.92. The number of carbonyl (C=O) groups is 1. The van der Waals surface area contributed by atoms with E-state index in [1.165, 1.54) is 15.4 Å². The molecule has 1 amide bonds. The lowest BCUT2D eigenvalue weighted by atomic mass is 9.99. The second-order valence-corrected chi connectivity index (χ2v) is 9.49. The summed E-state index contributed by atoms with van der Waals surface area (Å²) in [6, 6.07) is 12.4. The minimum Gasteiger partial charge on any atom is -0.347 e. The van der Waals surface area contributed by atoms with Gasteiger partial charge in [0.25, 0.3) is 0 Å². The van der Waals surface area contributed by atoms with Crippen LogP contribution in [0.3, 0.4) is 0 Å². The fourth-order valence-electron chi connectivity index (χ4n) is 3.50. The predicted molar refractivity (Wildman–Crippen MR) is 120 cm³/mol.